The van der Waals surface area contributed by atoms with Gasteiger partial charge in [0.15, 0.2) is 5.75 Å². The number of aromatic nitrogens is 1. The van der Waals surface area contributed by atoms with E-state index in [0.717, 1.165) is 23.5 Å². The summed E-state index contributed by atoms with van der Waals surface area (Å²) in [6.45, 7) is 3.42. The van der Waals surface area contributed by atoms with Crippen molar-refractivity contribution >= 4 is 5.69 Å². The van der Waals surface area contributed by atoms with Crippen molar-refractivity contribution in [3.05, 3.63) is 11.8 Å². The number of hydrogen-bond acceptors (Lipinski definition) is 4. The van der Waals surface area contributed by atoms with Crippen LogP contribution < -0.4 is 14.8 Å². The summed E-state index contributed by atoms with van der Waals surface area (Å²) in [5.74, 6) is 1.46. The summed E-state index contributed by atoms with van der Waals surface area (Å²) in [6, 6.07) is 0. The van der Waals surface area contributed by atoms with E-state index in [1.165, 1.54) is 0 Å². The number of ether oxygens (including phenoxy) is 2. The van der Waals surface area contributed by atoms with Gasteiger partial charge in [-0.25, -0.2) is 4.98 Å². The highest BCUT2D eigenvalue weighted by Crippen LogP contribution is 2.36. The summed E-state index contributed by atoms with van der Waals surface area (Å²) in [5.41, 5.74) is 1.88. The Morgan fingerprint density at radius 2 is 2.46 bits per heavy atom. The normalized spacial score (nSPS) is 14.0. The van der Waals surface area contributed by atoms with Crippen molar-refractivity contribution in [2.75, 3.05) is 25.6 Å². The lowest BCUT2D eigenvalue weighted by Crippen LogP contribution is -2.19. The average Bonchev–Trinajstić information content (AvgIpc) is 2.18. The maximum Gasteiger partial charge on any atom is 0.241 e. The monoisotopic (exact) mass is 180 g/mol. The van der Waals surface area contributed by atoms with Gasteiger partial charge in [0, 0.05) is 18.3 Å². The molecule has 0 unspecified atom stereocenters. The summed E-state index contributed by atoms with van der Waals surface area (Å²) in [7, 11) is 1.65. The second-order valence-corrected chi connectivity index (χ2v) is 2.93. The Balaban J connectivity index is 2.52. The van der Waals surface area contributed by atoms with Crippen LogP contribution in [0, 0.1) is 6.92 Å². The number of rotatable bonds is 1. The highest BCUT2D eigenvalue weighted by Gasteiger charge is 2.17. The molecule has 4 nitrogen and oxygen atoms in total. The number of pyridine rings is 1. The van der Waals surface area contributed by atoms with Crippen molar-refractivity contribution in [1.82, 2.24) is 4.98 Å². The molecule has 1 aliphatic rings. The minimum absolute atomic E-state index is 0.633. The number of nitrogens with one attached hydrogen (secondary N) is 1. The van der Waals surface area contributed by atoms with Gasteiger partial charge in [0.05, 0.1) is 7.11 Å². The molecule has 0 amide bonds. The minimum atomic E-state index is 0.633. The third-order valence-corrected chi connectivity index (χ3v) is 2.02. The fourth-order valence-electron chi connectivity index (χ4n) is 1.43. The number of aryl methyl sites for hydroxylation is 1. The molecule has 0 aromatic carbocycles. The second kappa shape index (κ2) is 3.12. The van der Waals surface area contributed by atoms with Crippen LogP contribution in [-0.2, 0) is 0 Å². The summed E-state index contributed by atoms with van der Waals surface area (Å²) in [6.07, 6.45) is 1.75. The average molecular weight is 180 g/mol. The zero-order valence-corrected chi connectivity index (χ0v) is 7.76. The van der Waals surface area contributed by atoms with Crippen LogP contribution >= 0.6 is 0 Å². The zero-order chi connectivity index (χ0) is 9.26. The summed E-state index contributed by atoms with van der Waals surface area (Å²) in [4.78, 5) is 4.16. The smallest absolute Gasteiger partial charge is 0.241 e. The lowest BCUT2D eigenvalue weighted by atomic mass is 10.2. The molecule has 2 rings (SSSR count). The Bertz CT molecular complexity index is 326. The molecule has 4 heteroatoms. The van der Waals surface area contributed by atoms with Gasteiger partial charge in [-0.05, 0) is 6.92 Å². The number of nitrogens with zero attached hydrogens (tertiary/aromatic N) is 1. The molecule has 0 saturated carbocycles. The minimum Gasteiger partial charge on any atom is -0.494 e. The van der Waals surface area contributed by atoms with Gasteiger partial charge in [-0.15, -0.1) is 0 Å². The van der Waals surface area contributed by atoms with E-state index in [9.17, 15) is 0 Å². The van der Waals surface area contributed by atoms with Gasteiger partial charge in [0.1, 0.15) is 12.3 Å². The predicted molar refractivity (Wildman–Crippen MR) is 49.5 cm³/mol. The molecule has 0 fully saturated rings. The predicted octanol–water partition coefficient (Wildman–Crippen LogP) is 1.20. The molecular weight excluding hydrogens is 168 g/mol. The lowest BCUT2D eigenvalue weighted by Gasteiger charge is -2.20. The van der Waals surface area contributed by atoms with Crippen LogP contribution in [0.15, 0.2) is 6.20 Å². The first-order chi connectivity index (χ1) is 6.33. The molecular formula is C9H12N2O2. The number of anilines is 1. The van der Waals surface area contributed by atoms with Crippen LogP contribution in [0.4, 0.5) is 5.69 Å². The Morgan fingerprint density at radius 3 is 3.23 bits per heavy atom. The van der Waals surface area contributed by atoms with Crippen LogP contribution in [0.3, 0.4) is 0 Å². The quantitative estimate of drug-likeness (QED) is 0.705. The molecule has 0 bridgehead atoms. The van der Waals surface area contributed by atoms with Crippen LogP contribution in [0.5, 0.6) is 11.6 Å². The fourth-order valence-corrected chi connectivity index (χ4v) is 1.43. The van der Waals surface area contributed by atoms with Gasteiger partial charge < -0.3 is 14.8 Å². The van der Waals surface area contributed by atoms with Crippen LogP contribution in [0.1, 0.15) is 5.56 Å². The molecule has 0 saturated heterocycles. The van der Waals surface area contributed by atoms with Gasteiger partial charge >= 0.3 is 0 Å². The summed E-state index contributed by atoms with van der Waals surface area (Å²) >= 11 is 0. The van der Waals surface area contributed by atoms with E-state index >= 15 is 0 Å². The Morgan fingerprint density at radius 1 is 1.62 bits per heavy atom. The Labute approximate surface area is 76.9 Å². The first-order valence-electron chi connectivity index (χ1n) is 4.23. The first kappa shape index (κ1) is 8.16. The third-order valence-electron chi connectivity index (χ3n) is 2.02. The lowest BCUT2D eigenvalue weighted by molar-refractivity contribution is 0.305. The van der Waals surface area contributed by atoms with Gasteiger partial charge in [-0.2, -0.15) is 0 Å². The van der Waals surface area contributed by atoms with Crippen LogP contribution in [0.2, 0.25) is 0 Å². The fraction of sp³-hybridized carbons (Fsp3) is 0.444. The van der Waals surface area contributed by atoms with E-state index in [0.29, 0.717) is 12.5 Å². The molecule has 1 N–H and O–H groups in total. The van der Waals surface area contributed by atoms with Gasteiger partial charge in [0.2, 0.25) is 5.88 Å². The summed E-state index contributed by atoms with van der Waals surface area (Å²) in [5, 5.41) is 3.21. The number of methoxy groups -OCH3 is 1. The van der Waals surface area contributed by atoms with Crippen molar-refractivity contribution < 1.29 is 9.47 Å². The Hall–Kier alpha value is -1.45. The van der Waals surface area contributed by atoms with Gasteiger partial charge in [-0.3, -0.25) is 0 Å². The first-order valence-corrected chi connectivity index (χ1v) is 4.23. The topological polar surface area (TPSA) is 43.4 Å². The largest absolute Gasteiger partial charge is 0.494 e. The Kier molecular flexibility index (Phi) is 1.96. The number of hydrogen-bond donors (Lipinski definition) is 1. The van der Waals surface area contributed by atoms with Crippen molar-refractivity contribution in [3.8, 4) is 11.6 Å². The summed E-state index contributed by atoms with van der Waals surface area (Å²) < 4.78 is 10.6. The van der Waals surface area contributed by atoms with Crippen LogP contribution in [-0.4, -0.2) is 25.2 Å². The van der Waals surface area contributed by atoms with E-state index in [2.05, 4.69) is 10.3 Å². The zero-order valence-electron chi connectivity index (χ0n) is 7.76. The molecule has 13 heavy (non-hydrogen) atoms. The molecule has 0 radical (unpaired) electrons. The van der Waals surface area contributed by atoms with E-state index in [1.807, 2.05) is 6.92 Å². The molecule has 0 aliphatic carbocycles. The maximum absolute atomic E-state index is 5.37. The molecule has 0 atom stereocenters. The molecule has 1 aromatic rings. The van der Waals surface area contributed by atoms with Crippen molar-refractivity contribution in [1.29, 1.82) is 0 Å². The van der Waals surface area contributed by atoms with E-state index < -0.39 is 0 Å². The van der Waals surface area contributed by atoms with Gasteiger partial charge in [0.25, 0.3) is 0 Å². The van der Waals surface area contributed by atoms with Crippen molar-refractivity contribution in [2.45, 2.75) is 6.92 Å². The SMILES string of the molecule is COc1c(C)cnc2c1NCCO2. The van der Waals surface area contributed by atoms with Gasteiger partial charge in [-0.1, -0.05) is 0 Å². The maximum atomic E-state index is 5.37. The van der Waals surface area contributed by atoms with E-state index in [4.69, 9.17) is 9.47 Å². The highest BCUT2D eigenvalue weighted by atomic mass is 16.5. The van der Waals surface area contributed by atoms with E-state index in [-0.39, 0.29) is 0 Å². The van der Waals surface area contributed by atoms with E-state index in [1.54, 1.807) is 13.3 Å². The molecule has 2 heterocycles. The molecule has 0 spiro atoms. The molecule has 1 aliphatic heterocycles. The molecule has 70 valence electrons. The second-order valence-electron chi connectivity index (χ2n) is 2.93. The van der Waals surface area contributed by atoms with Crippen LogP contribution in [0.25, 0.3) is 0 Å². The standard InChI is InChI=1S/C9H12N2O2/c1-6-5-11-9-7(8(6)12-2)10-3-4-13-9/h5,10H,3-4H2,1-2H3. The van der Waals surface area contributed by atoms with Crippen molar-refractivity contribution in [2.24, 2.45) is 0 Å². The third kappa shape index (κ3) is 1.28. The molecule has 1 aromatic heterocycles. The highest BCUT2D eigenvalue weighted by molar-refractivity contribution is 5.66. The number of fused-ring (bicyclic) bond motifs is 1. The van der Waals surface area contributed by atoms with Crippen molar-refractivity contribution in [3.63, 3.8) is 0 Å².